The first-order chi connectivity index (χ1) is 7.66. The third-order valence-corrected chi connectivity index (χ3v) is 2.80. The van der Waals surface area contributed by atoms with Crippen LogP contribution < -0.4 is 5.73 Å². The van der Waals surface area contributed by atoms with Gasteiger partial charge in [0.15, 0.2) is 0 Å². The van der Waals surface area contributed by atoms with Crippen molar-refractivity contribution in [3.8, 4) is 0 Å². The van der Waals surface area contributed by atoms with E-state index in [0.29, 0.717) is 12.8 Å². The minimum atomic E-state index is -0.332. The number of carbonyl (C=O) groups is 2. The van der Waals surface area contributed by atoms with Gasteiger partial charge in [-0.1, -0.05) is 24.3 Å². The SMILES string of the molecule is C/C=C/C/C=C/CCC(=O)C1CC1C(N)=O. The number of primary amides is 1. The van der Waals surface area contributed by atoms with E-state index < -0.39 is 0 Å². The number of nitrogens with two attached hydrogens (primary N) is 1. The van der Waals surface area contributed by atoms with Crippen LogP contribution >= 0.6 is 0 Å². The summed E-state index contributed by atoms with van der Waals surface area (Å²) in [6.07, 6.45) is 11.0. The van der Waals surface area contributed by atoms with Gasteiger partial charge in [-0.2, -0.15) is 0 Å². The van der Waals surface area contributed by atoms with E-state index in [0.717, 1.165) is 12.8 Å². The number of rotatable bonds is 7. The minimum Gasteiger partial charge on any atom is -0.369 e. The van der Waals surface area contributed by atoms with Crippen LogP contribution in [0.1, 0.15) is 32.6 Å². The summed E-state index contributed by atoms with van der Waals surface area (Å²) in [6, 6.07) is 0. The summed E-state index contributed by atoms with van der Waals surface area (Å²) >= 11 is 0. The molecule has 1 fully saturated rings. The second kappa shape index (κ2) is 6.26. The Hall–Kier alpha value is -1.38. The highest BCUT2D eigenvalue weighted by atomic mass is 16.1. The van der Waals surface area contributed by atoms with Gasteiger partial charge in [0.1, 0.15) is 5.78 Å². The van der Waals surface area contributed by atoms with E-state index in [1.165, 1.54) is 0 Å². The Kier molecular flexibility index (Phi) is 4.96. The number of hydrogen-bond acceptors (Lipinski definition) is 2. The smallest absolute Gasteiger partial charge is 0.221 e. The van der Waals surface area contributed by atoms with Crippen LogP contribution in [-0.4, -0.2) is 11.7 Å². The lowest BCUT2D eigenvalue weighted by atomic mass is 10.1. The lowest BCUT2D eigenvalue weighted by Crippen LogP contribution is -2.16. The molecule has 0 spiro atoms. The predicted octanol–water partition coefficient (Wildman–Crippen LogP) is 1.98. The monoisotopic (exact) mass is 221 g/mol. The summed E-state index contributed by atoms with van der Waals surface area (Å²) in [6.45, 7) is 1.98. The zero-order valence-corrected chi connectivity index (χ0v) is 9.69. The zero-order chi connectivity index (χ0) is 12.0. The van der Waals surface area contributed by atoms with E-state index in [-0.39, 0.29) is 23.5 Å². The molecule has 0 aromatic heterocycles. The van der Waals surface area contributed by atoms with Gasteiger partial charge in [0.25, 0.3) is 0 Å². The quantitative estimate of drug-likeness (QED) is 0.668. The summed E-state index contributed by atoms with van der Waals surface area (Å²) in [5, 5.41) is 0. The van der Waals surface area contributed by atoms with Crippen molar-refractivity contribution >= 4 is 11.7 Å². The molecule has 0 heterocycles. The molecule has 0 bridgehead atoms. The first-order valence-electron chi connectivity index (χ1n) is 5.75. The molecule has 0 saturated heterocycles. The fraction of sp³-hybridized carbons (Fsp3) is 0.538. The van der Waals surface area contributed by atoms with Gasteiger partial charge in [-0.05, 0) is 26.2 Å². The molecule has 1 saturated carbocycles. The summed E-state index contributed by atoms with van der Waals surface area (Å²) in [4.78, 5) is 22.3. The molecule has 0 aliphatic heterocycles. The van der Waals surface area contributed by atoms with Crippen LogP contribution in [0.4, 0.5) is 0 Å². The second-order valence-corrected chi connectivity index (χ2v) is 4.13. The molecular weight excluding hydrogens is 202 g/mol. The van der Waals surface area contributed by atoms with Gasteiger partial charge >= 0.3 is 0 Å². The highest BCUT2D eigenvalue weighted by Crippen LogP contribution is 2.39. The van der Waals surface area contributed by atoms with Crippen LogP contribution in [0.2, 0.25) is 0 Å². The van der Waals surface area contributed by atoms with Crippen molar-refractivity contribution in [2.24, 2.45) is 17.6 Å². The Morgan fingerprint density at radius 2 is 2.00 bits per heavy atom. The van der Waals surface area contributed by atoms with Gasteiger partial charge in [-0.25, -0.2) is 0 Å². The Bertz CT molecular complexity index is 318. The Balaban J connectivity index is 2.12. The summed E-state index contributed by atoms with van der Waals surface area (Å²) in [7, 11) is 0. The number of ketones is 1. The standard InChI is InChI=1S/C13H19NO2/c1-2-3-4-5-6-7-8-12(15)10-9-11(10)13(14)16/h2-3,5-6,10-11H,4,7-9H2,1H3,(H2,14,16)/b3-2+,6-5+. The van der Waals surface area contributed by atoms with Crippen LogP contribution in [-0.2, 0) is 9.59 Å². The average Bonchev–Trinajstić information content (AvgIpc) is 3.02. The van der Waals surface area contributed by atoms with Crippen LogP contribution in [0.3, 0.4) is 0 Å². The van der Waals surface area contributed by atoms with E-state index in [4.69, 9.17) is 5.73 Å². The number of amides is 1. The van der Waals surface area contributed by atoms with Gasteiger partial charge in [-0.15, -0.1) is 0 Å². The van der Waals surface area contributed by atoms with E-state index >= 15 is 0 Å². The molecule has 88 valence electrons. The molecule has 1 aliphatic carbocycles. The van der Waals surface area contributed by atoms with Gasteiger partial charge < -0.3 is 5.73 Å². The number of hydrogen-bond donors (Lipinski definition) is 1. The molecule has 2 unspecified atom stereocenters. The summed E-state index contributed by atoms with van der Waals surface area (Å²) in [5.41, 5.74) is 5.12. The van der Waals surface area contributed by atoms with Gasteiger partial charge in [-0.3, -0.25) is 9.59 Å². The Labute approximate surface area is 96.4 Å². The first-order valence-corrected chi connectivity index (χ1v) is 5.75. The lowest BCUT2D eigenvalue weighted by molar-refractivity contribution is -0.124. The second-order valence-electron chi connectivity index (χ2n) is 4.13. The zero-order valence-electron chi connectivity index (χ0n) is 9.69. The Morgan fingerprint density at radius 3 is 2.56 bits per heavy atom. The molecular formula is C13H19NO2. The topological polar surface area (TPSA) is 60.2 Å². The molecule has 16 heavy (non-hydrogen) atoms. The molecule has 1 aliphatic rings. The van der Waals surface area contributed by atoms with Crippen molar-refractivity contribution in [3.05, 3.63) is 24.3 Å². The highest BCUT2D eigenvalue weighted by molar-refractivity contribution is 5.92. The maximum absolute atomic E-state index is 11.6. The molecule has 2 N–H and O–H groups in total. The van der Waals surface area contributed by atoms with Crippen molar-refractivity contribution in [1.82, 2.24) is 0 Å². The van der Waals surface area contributed by atoms with Gasteiger partial charge in [0.2, 0.25) is 5.91 Å². The molecule has 0 radical (unpaired) electrons. The van der Waals surface area contributed by atoms with E-state index in [2.05, 4.69) is 6.08 Å². The maximum atomic E-state index is 11.6. The van der Waals surface area contributed by atoms with E-state index in [1.54, 1.807) is 0 Å². The molecule has 0 aromatic carbocycles. The lowest BCUT2D eigenvalue weighted by Gasteiger charge is -1.95. The average molecular weight is 221 g/mol. The number of Topliss-reactive ketones (excluding diaryl/α,β-unsaturated/α-hetero) is 1. The van der Waals surface area contributed by atoms with Crippen LogP contribution in [0.15, 0.2) is 24.3 Å². The summed E-state index contributed by atoms with van der Waals surface area (Å²) in [5.74, 6) is -0.414. The van der Waals surface area contributed by atoms with E-state index in [9.17, 15) is 9.59 Å². The minimum absolute atomic E-state index is 0.0820. The third-order valence-electron chi connectivity index (χ3n) is 2.80. The molecule has 3 heteroatoms. The number of carbonyl (C=O) groups excluding carboxylic acids is 2. The Morgan fingerprint density at radius 1 is 1.25 bits per heavy atom. The van der Waals surface area contributed by atoms with Crippen molar-refractivity contribution in [2.45, 2.75) is 32.6 Å². The van der Waals surface area contributed by atoms with Crippen LogP contribution in [0.5, 0.6) is 0 Å². The molecule has 3 nitrogen and oxygen atoms in total. The maximum Gasteiger partial charge on any atom is 0.221 e. The van der Waals surface area contributed by atoms with Crippen molar-refractivity contribution in [2.75, 3.05) is 0 Å². The van der Waals surface area contributed by atoms with Crippen molar-refractivity contribution in [3.63, 3.8) is 0 Å². The largest absolute Gasteiger partial charge is 0.369 e. The predicted molar refractivity (Wildman–Crippen MR) is 63.6 cm³/mol. The molecule has 1 rings (SSSR count). The summed E-state index contributed by atoms with van der Waals surface area (Å²) < 4.78 is 0. The molecule has 1 amide bonds. The normalized spacial score (nSPS) is 24.1. The third kappa shape index (κ3) is 4.01. The van der Waals surface area contributed by atoms with Gasteiger partial charge in [0, 0.05) is 18.3 Å². The van der Waals surface area contributed by atoms with E-state index in [1.807, 2.05) is 25.2 Å². The van der Waals surface area contributed by atoms with Crippen LogP contribution in [0, 0.1) is 11.8 Å². The number of allylic oxidation sites excluding steroid dienone is 4. The molecule has 0 aromatic rings. The van der Waals surface area contributed by atoms with Crippen molar-refractivity contribution in [1.29, 1.82) is 0 Å². The fourth-order valence-corrected chi connectivity index (χ4v) is 1.71. The van der Waals surface area contributed by atoms with Crippen molar-refractivity contribution < 1.29 is 9.59 Å². The molecule has 2 atom stereocenters. The van der Waals surface area contributed by atoms with Crippen LogP contribution in [0.25, 0.3) is 0 Å². The van der Waals surface area contributed by atoms with Gasteiger partial charge in [0.05, 0.1) is 0 Å². The highest BCUT2D eigenvalue weighted by Gasteiger charge is 2.45. The fourth-order valence-electron chi connectivity index (χ4n) is 1.71. The first kappa shape index (κ1) is 12.7.